The highest BCUT2D eigenvalue weighted by molar-refractivity contribution is 15.0. The molecule has 7 heteroatoms. The largest absolute Gasteiger partial charge is 0.380 e. The van der Waals surface area contributed by atoms with Gasteiger partial charge in [0.25, 0.3) is 0 Å². The molecule has 33 heavy (non-hydrogen) atoms. The number of benzene rings is 2. The maximum absolute atomic E-state index is 13.1. The van der Waals surface area contributed by atoms with Crippen molar-refractivity contribution < 1.29 is 9.53 Å². The molecule has 0 radical (unpaired) electrons. The first-order valence-electron chi connectivity index (χ1n) is 11.3. The Kier molecular flexibility index (Phi) is 17.9. The number of ether oxygens (including phenoxy) is 1. The number of nitrogens with zero attached hydrogens (tertiary/aromatic N) is 2. The van der Waals surface area contributed by atoms with Crippen molar-refractivity contribution in [1.29, 1.82) is 0 Å². The lowest BCUT2D eigenvalue weighted by Crippen LogP contribution is -2.52. The van der Waals surface area contributed by atoms with Crippen molar-refractivity contribution in [3.63, 3.8) is 0 Å². The number of carbonyl (C=O) groups excluding carboxylic acids is 1. The van der Waals surface area contributed by atoms with Crippen LogP contribution >= 0.6 is 47.1 Å². The topological polar surface area (TPSA) is 32.8 Å². The zero-order valence-electron chi connectivity index (χ0n) is 20.8. The number of piperidine rings is 1. The maximum Gasteiger partial charge on any atom is 0.232 e. The predicted molar refractivity (Wildman–Crippen MR) is 164 cm³/mol. The van der Waals surface area contributed by atoms with Crippen molar-refractivity contribution in [2.45, 2.75) is 44.6 Å². The zero-order chi connectivity index (χ0) is 24.0. The molecule has 0 aromatic heterocycles. The highest BCUT2D eigenvalue weighted by Crippen LogP contribution is 2.37. The monoisotopic (exact) mass is 698 g/mol. The molecule has 2 aromatic rings. The average molecular weight is 698 g/mol. The standard InChI is InChI=1S/C24H32N2O2.C2H6.I2.H3P/c1-25(2)23(27)24(21-12-8-5-9-13-21)14-16-26(17-15-24)19-22(28-3)18-20-10-6-4-7-11-20;2*1-2;/h4-13,22H,14-19H2,1-3H3;1-2H3;;1H3. The summed E-state index contributed by atoms with van der Waals surface area (Å²) in [5, 5.41) is 0. The lowest BCUT2D eigenvalue weighted by molar-refractivity contribution is -0.137. The van der Waals surface area contributed by atoms with E-state index >= 15 is 0 Å². The summed E-state index contributed by atoms with van der Waals surface area (Å²) in [5.41, 5.74) is 2.03. The van der Waals surface area contributed by atoms with Crippen LogP contribution in [0.3, 0.4) is 0 Å². The van der Waals surface area contributed by atoms with Crippen LogP contribution in [0.1, 0.15) is 37.8 Å². The molecular weight excluding hydrogens is 657 g/mol. The summed E-state index contributed by atoms with van der Waals surface area (Å²) in [5.74, 6) is 0.214. The molecule has 0 spiro atoms. The van der Waals surface area contributed by atoms with E-state index in [1.807, 2.05) is 52.2 Å². The van der Waals surface area contributed by atoms with E-state index in [1.165, 1.54) is 5.56 Å². The summed E-state index contributed by atoms with van der Waals surface area (Å²) in [7, 11) is 5.52. The Labute approximate surface area is 228 Å². The van der Waals surface area contributed by atoms with Crippen LogP contribution in [0.2, 0.25) is 0 Å². The fourth-order valence-electron chi connectivity index (χ4n) is 4.32. The van der Waals surface area contributed by atoms with Gasteiger partial charge >= 0.3 is 0 Å². The molecular formula is C26H41I2N2O2P. The van der Waals surface area contributed by atoms with Gasteiger partial charge in [-0.3, -0.25) is 4.79 Å². The van der Waals surface area contributed by atoms with Crippen LogP contribution in [0.5, 0.6) is 0 Å². The number of amides is 1. The van der Waals surface area contributed by atoms with Gasteiger partial charge in [0, 0.05) is 65.0 Å². The second kappa shape index (κ2) is 18.1. The van der Waals surface area contributed by atoms with Gasteiger partial charge < -0.3 is 14.5 Å². The summed E-state index contributed by atoms with van der Waals surface area (Å²) in [6.07, 6.45) is 2.76. The third-order valence-electron chi connectivity index (χ3n) is 5.95. The summed E-state index contributed by atoms with van der Waals surface area (Å²) < 4.78 is 5.76. The molecule has 1 saturated heterocycles. The summed E-state index contributed by atoms with van der Waals surface area (Å²) in [6, 6.07) is 20.8. The Morgan fingerprint density at radius 2 is 1.48 bits per heavy atom. The first kappa shape index (κ1) is 32.7. The fourth-order valence-corrected chi connectivity index (χ4v) is 4.32. The third kappa shape index (κ3) is 9.71. The summed E-state index contributed by atoms with van der Waals surface area (Å²) in [6.45, 7) is 6.71. The van der Waals surface area contributed by atoms with Crippen molar-refractivity contribution in [2.24, 2.45) is 0 Å². The SMILES string of the molecule is CC.COC(Cc1ccccc1)CN1CCC(C(=O)N(C)C)(c2ccccc2)CC1.II.P. The van der Waals surface area contributed by atoms with Crippen LogP contribution in [0.15, 0.2) is 60.7 Å². The van der Waals surface area contributed by atoms with Gasteiger partial charge in [0.05, 0.1) is 11.5 Å². The molecule has 0 aliphatic carbocycles. The van der Waals surface area contributed by atoms with Crippen LogP contribution < -0.4 is 0 Å². The van der Waals surface area contributed by atoms with Gasteiger partial charge in [-0.2, -0.15) is 9.90 Å². The second-order valence-corrected chi connectivity index (χ2v) is 8.00. The van der Waals surface area contributed by atoms with E-state index in [0.717, 1.165) is 44.5 Å². The van der Waals surface area contributed by atoms with Crippen molar-refractivity contribution in [3.05, 3.63) is 71.8 Å². The Balaban J connectivity index is 0.00000194. The summed E-state index contributed by atoms with van der Waals surface area (Å²) in [4.78, 5) is 17.3. The van der Waals surface area contributed by atoms with Crippen LogP contribution in [0.4, 0.5) is 0 Å². The fraction of sp³-hybridized carbons (Fsp3) is 0.500. The molecule has 2 aromatic carbocycles. The lowest BCUT2D eigenvalue weighted by Gasteiger charge is -2.43. The molecule has 3 rings (SSSR count). The van der Waals surface area contributed by atoms with Gasteiger partial charge in [-0.05, 0) is 43.5 Å². The van der Waals surface area contributed by atoms with Crippen LogP contribution in [0.25, 0.3) is 0 Å². The molecule has 1 fully saturated rings. The first-order valence-corrected chi connectivity index (χ1v) is 17.5. The van der Waals surface area contributed by atoms with Gasteiger partial charge in [-0.15, -0.1) is 0 Å². The van der Waals surface area contributed by atoms with Gasteiger partial charge in [-0.1, -0.05) is 74.5 Å². The normalized spacial score (nSPS) is 15.5. The van der Waals surface area contributed by atoms with E-state index in [2.05, 4.69) is 78.5 Å². The summed E-state index contributed by atoms with van der Waals surface area (Å²) >= 11 is 4.24. The third-order valence-corrected chi connectivity index (χ3v) is 5.95. The molecule has 2 unspecified atom stereocenters. The number of likely N-dealkylation sites (N-methyl/N-ethyl adjacent to an activating group) is 1. The van der Waals surface area contributed by atoms with Crippen molar-refractivity contribution in [2.75, 3.05) is 40.8 Å². The van der Waals surface area contributed by atoms with Crippen LogP contribution in [-0.4, -0.2) is 62.7 Å². The smallest absolute Gasteiger partial charge is 0.232 e. The Bertz CT molecular complexity index is 755. The van der Waals surface area contributed by atoms with Crippen molar-refractivity contribution >= 4 is 53.0 Å². The highest BCUT2D eigenvalue weighted by atomic mass is 128. The molecule has 1 aliphatic rings. The molecule has 2 atom stereocenters. The Hall–Kier alpha value is -0.280. The number of rotatable bonds is 7. The van der Waals surface area contributed by atoms with E-state index in [4.69, 9.17) is 4.74 Å². The maximum atomic E-state index is 13.1. The lowest BCUT2D eigenvalue weighted by atomic mass is 9.71. The van der Waals surface area contributed by atoms with Gasteiger partial charge in [0.1, 0.15) is 0 Å². The second-order valence-electron chi connectivity index (χ2n) is 8.00. The Morgan fingerprint density at radius 1 is 1.00 bits per heavy atom. The molecule has 1 aliphatic heterocycles. The minimum atomic E-state index is -0.413. The molecule has 4 nitrogen and oxygen atoms in total. The minimum absolute atomic E-state index is 0. The van der Waals surface area contributed by atoms with Gasteiger partial charge in [0.2, 0.25) is 5.91 Å². The van der Waals surface area contributed by atoms with E-state index in [0.29, 0.717) is 0 Å². The van der Waals surface area contributed by atoms with Crippen LogP contribution in [0, 0.1) is 0 Å². The molecule has 1 heterocycles. The average Bonchev–Trinajstić information content (AvgIpc) is 2.87. The molecule has 0 saturated carbocycles. The van der Waals surface area contributed by atoms with Crippen molar-refractivity contribution in [1.82, 2.24) is 9.80 Å². The van der Waals surface area contributed by atoms with E-state index < -0.39 is 5.41 Å². The number of hydrogen-bond donors (Lipinski definition) is 0. The zero-order valence-corrected chi connectivity index (χ0v) is 26.5. The van der Waals surface area contributed by atoms with E-state index in [9.17, 15) is 4.79 Å². The molecule has 0 bridgehead atoms. The minimum Gasteiger partial charge on any atom is -0.380 e. The first-order chi connectivity index (χ1) is 15.5. The van der Waals surface area contributed by atoms with Gasteiger partial charge in [0.15, 0.2) is 0 Å². The quantitative estimate of drug-likeness (QED) is 0.255. The highest BCUT2D eigenvalue weighted by Gasteiger charge is 2.43. The number of likely N-dealkylation sites (tertiary alicyclic amines) is 1. The van der Waals surface area contributed by atoms with Gasteiger partial charge in [-0.25, -0.2) is 0 Å². The number of carbonyl (C=O) groups is 1. The predicted octanol–water partition coefficient (Wildman–Crippen LogP) is 6.22. The van der Waals surface area contributed by atoms with Crippen LogP contribution in [-0.2, 0) is 21.4 Å². The number of hydrogen-bond acceptors (Lipinski definition) is 3. The number of halogens is 2. The number of methoxy groups -OCH3 is 1. The molecule has 186 valence electrons. The Morgan fingerprint density at radius 3 is 1.94 bits per heavy atom. The molecule has 0 N–H and O–H groups in total. The van der Waals surface area contributed by atoms with Crippen molar-refractivity contribution in [3.8, 4) is 0 Å². The van der Waals surface area contributed by atoms with E-state index in [1.54, 1.807) is 12.0 Å². The molecule has 1 amide bonds. The van der Waals surface area contributed by atoms with E-state index in [-0.39, 0.29) is 21.9 Å².